The molecule has 0 radical (unpaired) electrons. The lowest BCUT2D eigenvalue weighted by Crippen LogP contribution is -2.32. The summed E-state index contributed by atoms with van der Waals surface area (Å²) in [6, 6.07) is 0. The van der Waals surface area contributed by atoms with Crippen LogP contribution in [-0.4, -0.2) is 18.9 Å². The van der Waals surface area contributed by atoms with E-state index in [-0.39, 0.29) is 27.6 Å². The highest BCUT2D eigenvalue weighted by atomic mass is 16.5. The lowest BCUT2D eigenvalue weighted by Gasteiger charge is -2.36. The number of hydrogen-bond donors (Lipinski definition) is 0. The zero-order valence-electron chi connectivity index (χ0n) is 20.3. The van der Waals surface area contributed by atoms with Crippen LogP contribution in [-0.2, 0) is 14.3 Å². The highest BCUT2D eigenvalue weighted by Crippen LogP contribution is 2.51. The molecular weight excluding hydrogens is 348 g/mol. The van der Waals surface area contributed by atoms with Crippen molar-refractivity contribution in [2.45, 2.75) is 107 Å². The van der Waals surface area contributed by atoms with E-state index in [0.717, 1.165) is 32.1 Å². The molecule has 0 N–H and O–H groups in total. The molecule has 0 aromatic carbocycles. The summed E-state index contributed by atoms with van der Waals surface area (Å²) in [6.07, 6.45) is 6.40. The molecule has 1 fully saturated rings. The van der Waals surface area contributed by atoms with Crippen LogP contribution in [0, 0.1) is 33.5 Å². The monoisotopic (exact) mass is 394 g/mol. The molecule has 3 nitrogen and oxygen atoms in total. The van der Waals surface area contributed by atoms with Crippen molar-refractivity contribution in [1.29, 1.82) is 0 Å². The van der Waals surface area contributed by atoms with Gasteiger partial charge >= 0.3 is 5.97 Å². The van der Waals surface area contributed by atoms with E-state index in [1.807, 2.05) is 0 Å². The predicted molar refractivity (Wildman–Crippen MR) is 117 cm³/mol. The first-order valence-electron chi connectivity index (χ1n) is 11.1. The smallest absolute Gasteiger partial charge is 0.305 e. The molecule has 3 heteroatoms. The second kappa shape index (κ2) is 8.88. The molecule has 164 valence electrons. The second-order valence-electron chi connectivity index (χ2n) is 12.8. The number of carbonyl (C=O) groups is 2. The Morgan fingerprint density at radius 2 is 1.43 bits per heavy atom. The number of ether oxygens (including phenoxy) is 1. The van der Waals surface area contributed by atoms with Crippen molar-refractivity contribution in [3.63, 3.8) is 0 Å². The molecule has 28 heavy (non-hydrogen) atoms. The molecule has 0 saturated heterocycles. The molecule has 0 bridgehead atoms. The van der Waals surface area contributed by atoms with Crippen molar-refractivity contribution < 1.29 is 14.3 Å². The molecule has 1 rings (SSSR count). The zero-order chi connectivity index (χ0) is 22.0. The van der Waals surface area contributed by atoms with Crippen molar-refractivity contribution >= 4 is 11.8 Å². The van der Waals surface area contributed by atoms with E-state index in [4.69, 9.17) is 4.74 Å². The Morgan fingerprint density at radius 1 is 0.857 bits per heavy atom. The van der Waals surface area contributed by atoms with Gasteiger partial charge in [0.05, 0.1) is 7.11 Å². The van der Waals surface area contributed by atoms with Crippen molar-refractivity contribution in [3.05, 3.63) is 0 Å². The van der Waals surface area contributed by atoms with Gasteiger partial charge in [0.2, 0.25) is 0 Å². The van der Waals surface area contributed by atoms with E-state index in [1.165, 1.54) is 7.11 Å². The minimum atomic E-state index is -0.298. The molecule has 0 spiro atoms. The van der Waals surface area contributed by atoms with E-state index in [1.54, 1.807) is 0 Å². The van der Waals surface area contributed by atoms with Crippen LogP contribution in [0.2, 0.25) is 0 Å². The molecule has 0 aromatic heterocycles. The molecule has 0 amide bonds. The predicted octanol–water partition coefficient (Wildman–Crippen LogP) is 6.83. The van der Waals surface area contributed by atoms with Crippen LogP contribution in [0.5, 0.6) is 0 Å². The zero-order valence-corrected chi connectivity index (χ0v) is 20.3. The van der Waals surface area contributed by atoms with Crippen molar-refractivity contribution in [2.75, 3.05) is 7.11 Å². The van der Waals surface area contributed by atoms with Crippen LogP contribution in [0.3, 0.4) is 0 Å². The Balaban J connectivity index is 2.54. The Bertz CT molecular complexity index is 549. The summed E-state index contributed by atoms with van der Waals surface area (Å²) in [4.78, 5) is 24.5. The fourth-order valence-corrected chi connectivity index (χ4v) is 5.50. The van der Waals surface area contributed by atoms with E-state index < -0.39 is 0 Å². The van der Waals surface area contributed by atoms with Gasteiger partial charge in [0, 0.05) is 18.3 Å². The van der Waals surface area contributed by atoms with Gasteiger partial charge in [-0.2, -0.15) is 0 Å². The van der Waals surface area contributed by atoms with E-state index >= 15 is 0 Å². The van der Waals surface area contributed by atoms with Gasteiger partial charge in [-0.1, -0.05) is 62.3 Å². The van der Waals surface area contributed by atoms with Gasteiger partial charge in [-0.25, -0.2) is 0 Å². The largest absolute Gasteiger partial charge is 0.469 e. The molecule has 0 heterocycles. The molecule has 1 aliphatic carbocycles. The Morgan fingerprint density at radius 3 is 1.93 bits per heavy atom. The summed E-state index contributed by atoms with van der Waals surface area (Å²) in [5.74, 6) is 1.37. The summed E-state index contributed by atoms with van der Waals surface area (Å²) in [7, 11) is 1.46. The highest BCUT2D eigenvalue weighted by molar-refractivity contribution is 5.84. The lowest BCUT2D eigenvalue weighted by molar-refractivity contribution is -0.141. The normalized spacial score (nSPS) is 20.8. The first-order chi connectivity index (χ1) is 12.5. The van der Waals surface area contributed by atoms with Crippen molar-refractivity contribution in [1.82, 2.24) is 0 Å². The summed E-state index contributed by atoms with van der Waals surface area (Å²) in [5.41, 5.74) is 0.285. The third-order valence-electron chi connectivity index (χ3n) is 6.25. The van der Waals surface area contributed by atoms with Crippen LogP contribution >= 0.6 is 0 Å². The summed E-state index contributed by atoms with van der Waals surface area (Å²) < 4.78 is 4.79. The summed E-state index contributed by atoms with van der Waals surface area (Å²) in [6.45, 7) is 20.2. The topological polar surface area (TPSA) is 43.4 Å². The maximum Gasteiger partial charge on any atom is 0.305 e. The van der Waals surface area contributed by atoms with Crippen LogP contribution < -0.4 is 0 Å². The van der Waals surface area contributed by atoms with Crippen LogP contribution in [0.15, 0.2) is 0 Å². The van der Waals surface area contributed by atoms with Crippen LogP contribution in [0.4, 0.5) is 0 Å². The molecule has 1 saturated carbocycles. The average molecular weight is 395 g/mol. The fourth-order valence-electron chi connectivity index (χ4n) is 5.50. The number of hydrogen-bond acceptors (Lipinski definition) is 3. The quantitative estimate of drug-likeness (QED) is 0.361. The maximum atomic E-state index is 13.0. The molecule has 2 atom stereocenters. The van der Waals surface area contributed by atoms with Gasteiger partial charge in [0.25, 0.3) is 0 Å². The minimum absolute atomic E-state index is 0.0984. The minimum Gasteiger partial charge on any atom is -0.469 e. The number of rotatable bonds is 11. The highest BCUT2D eigenvalue weighted by Gasteiger charge is 2.44. The number of esters is 1. The Labute approximate surface area is 174 Å². The average Bonchev–Trinajstić information content (AvgIpc) is 3.17. The molecule has 0 aliphatic heterocycles. The first kappa shape index (κ1) is 25.2. The number of carbonyl (C=O) groups excluding carboxylic acids is 2. The van der Waals surface area contributed by atoms with Crippen LogP contribution in [0.25, 0.3) is 0 Å². The van der Waals surface area contributed by atoms with Gasteiger partial charge in [-0.3, -0.25) is 9.59 Å². The summed E-state index contributed by atoms with van der Waals surface area (Å²) >= 11 is 0. The molecular formula is C25H46O3. The van der Waals surface area contributed by atoms with E-state index in [2.05, 4.69) is 62.3 Å². The van der Waals surface area contributed by atoms with E-state index in [0.29, 0.717) is 30.5 Å². The van der Waals surface area contributed by atoms with Crippen LogP contribution in [0.1, 0.15) is 107 Å². The van der Waals surface area contributed by atoms with Crippen molar-refractivity contribution in [2.24, 2.45) is 33.5 Å². The standard InChI is InChI=1S/C25H46O3/c1-22(2,3)16-23(4,5)12-11-20(26)25(8,9)17-24(6,7)15-19-13-18(19)14-21(27)28-10/h18-19H,11-17H2,1-10H3/t18?,19-/m0/s1. The number of ketones is 1. The fraction of sp³-hybridized carbons (Fsp3) is 0.920. The Hall–Kier alpha value is -0.860. The van der Waals surface area contributed by atoms with Gasteiger partial charge in [-0.05, 0) is 60.2 Å². The summed E-state index contributed by atoms with van der Waals surface area (Å²) in [5, 5.41) is 0. The van der Waals surface area contributed by atoms with Crippen molar-refractivity contribution in [3.8, 4) is 0 Å². The third kappa shape index (κ3) is 9.09. The SMILES string of the molecule is COC(=O)CC1C[C@H]1CC(C)(C)CC(C)(C)C(=O)CCC(C)(C)CC(C)(C)C. The third-order valence-corrected chi connectivity index (χ3v) is 6.25. The second-order valence-corrected chi connectivity index (χ2v) is 12.8. The number of Topliss-reactive ketones (excluding diaryl/α,β-unsaturated/α-hetero) is 1. The molecule has 1 unspecified atom stereocenters. The van der Waals surface area contributed by atoms with Gasteiger partial charge < -0.3 is 4.74 Å². The first-order valence-corrected chi connectivity index (χ1v) is 11.1. The Kier molecular flexibility index (Phi) is 7.98. The van der Waals surface area contributed by atoms with Gasteiger partial charge in [-0.15, -0.1) is 0 Å². The number of methoxy groups -OCH3 is 1. The van der Waals surface area contributed by atoms with Gasteiger partial charge in [0.15, 0.2) is 0 Å². The van der Waals surface area contributed by atoms with Gasteiger partial charge in [0.1, 0.15) is 5.78 Å². The van der Waals surface area contributed by atoms with E-state index in [9.17, 15) is 9.59 Å². The lowest BCUT2D eigenvalue weighted by atomic mass is 9.68. The maximum absolute atomic E-state index is 13.0. The molecule has 1 aliphatic rings. The molecule has 0 aromatic rings.